The minimum absolute atomic E-state index is 0.0371. The molecule has 0 unspecified atom stereocenters. The van der Waals surface area contributed by atoms with Gasteiger partial charge in [0.1, 0.15) is 11.6 Å². The topological polar surface area (TPSA) is 61.4 Å². The third kappa shape index (κ3) is 3.90. The highest BCUT2D eigenvalue weighted by molar-refractivity contribution is 6.30. The Balaban J connectivity index is 2.13. The van der Waals surface area contributed by atoms with E-state index in [4.69, 9.17) is 16.7 Å². The number of amides is 2. The van der Waals surface area contributed by atoms with Crippen molar-refractivity contribution in [2.45, 2.75) is 6.61 Å². The molecule has 0 atom stereocenters. The summed E-state index contributed by atoms with van der Waals surface area (Å²) in [4.78, 5) is 11.8. The van der Waals surface area contributed by atoms with E-state index >= 15 is 0 Å². The first kappa shape index (κ1) is 15.2. The first-order valence-corrected chi connectivity index (χ1v) is 6.29. The lowest BCUT2D eigenvalue weighted by atomic mass is 10.2. The second-order valence-electron chi connectivity index (χ2n) is 4.16. The minimum atomic E-state index is -0.711. The van der Waals surface area contributed by atoms with E-state index in [2.05, 4.69) is 10.6 Å². The maximum atomic E-state index is 13.4. The van der Waals surface area contributed by atoms with Crippen LogP contribution in [0.15, 0.2) is 36.4 Å². The van der Waals surface area contributed by atoms with Gasteiger partial charge in [-0.1, -0.05) is 17.7 Å². The molecule has 0 aromatic heterocycles. The summed E-state index contributed by atoms with van der Waals surface area (Å²) >= 11 is 5.67. The average molecular weight is 313 g/mol. The van der Waals surface area contributed by atoms with Gasteiger partial charge in [0.25, 0.3) is 0 Å². The summed E-state index contributed by atoms with van der Waals surface area (Å²) in [6, 6.07) is 6.84. The molecule has 0 fully saturated rings. The van der Waals surface area contributed by atoms with Crippen LogP contribution in [-0.2, 0) is 6.61 Å². The van der Waals surface area contributed by atoms with Gasteiger partial charge in [0.05, 0.1) is 12.3 Å². The fourth-order valence-electron chi connectivity index (χ4n) is 1.75. The van der Waals surface area contributed by atoms with Crippen LogP contribution < -0.4 is 10.6 Å². The molecular formula is C14H11ClF2N2O2. The van der Waals surface area contributed by atoms with E-state index in [1.807, 2.05) is 0 Å². The van der Waals surface area contributed by atoms with Crippen LogP contribution in [0.1, 0.15) is 5.56 Å². The highest BCUT2D eigenvalue weighted by Gasteiger charge is 2.11. The quantitative estimate of drug-likeness (QED) is 0.808. The molecule has 0 aliphatic carbocycles. The molecule has 2 aromatic rings. The Morgan fingerprint density at radius 3 is 2.62 bits per heavy atom. The third-order valence-corrected chi connectivity index (χ3v) is 2.86. The molecule has 0 heterocycles. The molecule has 2 aromatic carbocycles. The Kier molecular flexibility index (Phi) is 4.72. The molecule has 21 heavy (non-hydrogen) atoms. The third-order valence-electron chi connectivity index (χ3n) is 2.65. The number of urea groups is 1. The van der Waals surface area contributed by atoms with Gasteiger partial charge in [0.15, 0.2) is 0 Å². The van der Waals surface area contributed by atoms with Crippen molar-refractivity contribution in [1.29, 1.82) is 0 Å². The second-order valence-corrected chi connectivity index (χ2v) is 4.60. The molecule has 0 aliphatic rings. The highest BCUT2D eigenvalue weighted by Crippen LogP contribution is 2.21. The standard InChI is InChI=1S/C14H11ClF2N2O2/c15-8-4-9(16)6-10(5-8)18-14(21)19-13-3-1-2-12(17)11(13)7-20/h1-6,20H,7H2,(H2,18,19,21). The number of carbonyl (C=O) groups is 1. The summed E-state index contributed by atoms with van der Waals surface area (Å²) in [6.45, 7) is -0.561. The van der Waals surface area contributed by atoms with Crippen molar-refractivity contribution in [3.63, 3.8) is 0 Å². The maximum absolute atomic E-state index is 13.4. The van der Waals surface area contributed by atoms with Crippen LogP contribution in [0, 0.1) is 11.6 Å². The van der Waals surface area contributed by atoms with Gasteiger partial charge in [-0.25, -0.2) is 13.6 Å². The lowest BCUT2D eigenvalue weighted by Gasteiger charge is -2.11. The zero-order valence-corrected chi connectivity index (χ0v) is 11.4. The number of aliphatic hydroxyl groups excluding tert-OH is 1. The molecule has 3 N–H and O–H groups in total. The van der Waals surface area contributed by atoms with Crippen molar-refractivity contribution in [2.24, 2.45) is 0 Å². The summed E-state index contributed by atoms with van der Waals surface area (Å²) in [5.41, 5.74) is 0.238. The zero-order chi connectivity index (χ0) is 15.4. The smallest absolute Gasteiger partial charge is 0.323 e. The van der Waals surface area contributed by atoms with Gasteiger partial charge in [-0.15, -0.1) is 0 Å². The summed E-state index contributed by atoms with van der Waals surface area (Å²) in [5, 5.41) is 14.0. The number of carbonyl (C=O) groups excluding carboxylic acids is 1. The van der Waals surface area contributed by atoms with Gasteiger partial charge in [-0.05, 0) is 30.3 Å². The number of aliphatic hydroxyl groups is 1. The Labute approximate surface area is 124 Å². The van der Waals surface area contributed by atoms with E-state index in [1.165, 1.54) is 24.3 Å². The number of rotatable bonds is 3. The average Bonchev–Trinajstić information content (AvgIpc) is 2.37. The minimum Gasteiger partial charge on any atom is -0.391 e. The van der Waals surface area contributed by atoms with Gasteiger partial charge >= 0.3 is 6.03 Å². The Hall–Kier alpha value is -2.18. The molecule has 2 rings (SSSR count). The van der Waals surface area contributed by atoms with Crippen molar-refractivity contribution in [2.75, 3.05) is 10.6 Å². The van der Waals surface area contributed by atoms with Crippen LogP contribution >= 0.6 is 11.6 Å². The molecule has 2 amide bonds. The number of halogens is 3. The largest absolute Gasteiger partial charge is 0.391 e. The fraction of sp³-hybridized carbons (Fsp3) is 0.0714. The van der Waals surface area contributed by atoms with E-state index in [0.29, 0.717) is 0 Å². The fourth-order valence-corrected chi connectivity index (χ4v) is 1.97. The predicted octanol–water partition coefficient (Wildman–Crippen LogP) is 3.75. The lowest BCUT2D eigenvalue weighted by Crippen LogP contribution is -2.20. The monoisotopic (exact) mass is 312 g/mol. The molecule has 4 nitrogen and oxygen atoms in total. The zero-order valence-electron chi connectivity index (χ0n) is 10.7. The SMILES string of the molecule is O=C(Nc1cc(F)cc(Cl)c1)Nc1cccc(F)c1CO. The van der Waals surface area contributed by atoms with Gasteiger partial charge in [0, 0.05) is 16.3 Å². The molecule has 110 valence electrons. The lowest BCUT2D eigenvalue weighted by molar-refractivity contribution is 0.261. The van der Waals surface area contributed by atoms with Gasteiger partial charge < -0.3 is 15.7 Å². The van der Waals surface area contributed by atoms with Crippen LogP contribution in [0.2, 0.25) is 5.02 Å². The predicted molar refractivity (Wildman–Crippen MR) is 76.4 cm³/mol. The number of nitrogens with one attached hydrogen (secondary N) is 2. The summed E-state index contributed by atoms with van der Waals surface area (Å²) in [6.07, 6.45) is 0. The molecular weight excluding hydrogens is 302 g/mol. The number of hydrogen-bond donors (Lipinski definition) is 3. The molecule has 0 spiro atoms. The maximum Gasteiger partial charge on any atom is 0.323 e. The summed E-state index contributed by atoms with van der Waals surface area (Å²) < 4.78 is 26.6. The summed E-state index contributed by atoms with van der Waals surface area (Å²) in [5.74, 6) is -1.23. The number of hydrogen-bond acceptors (Lipinski definition) is 2. The van der Waals surface area contributed by atoms with Crippen LogP contribution in [0.25, 0.3) is 0 Å². The van der Waals surface area contributed by atoms with E-state index < -0.39 is 24.3 Å². The van der Waals surface area contributed by atoms with Crippen LogP contribution in [-0.4, -0.2) is 11.1 Å². The van der Waals surface area contributed by atoms with Crippen molar-refractivity contribution in [3.8, 4) is 0 Å². The van der Waals surface area contributed by atoms with Crippen molar-refractivity contribution < 1.29 is 18.7 Å². The number of anilines is 2. The second kappa shape index (κ2) is 6.51. The van der Waals surface area contributed by atoms with Crippen molar-refractivity contribution >= 4 is 29.0 Å². The molecule has 0 radical (unpaired) electrons. The van der Waals surface area contributed by atoms with Crippen molar-refractivity contribution in [3.05, 3.63) is 58.6 Å². The van der Waals surface area contributed by atoms with Crippen LogP contribution in [0.4, 0.5) is 25.0 Å². The molecule has 0 saturated heterocycles. The molecule has 0 bridgehead atoms. The molecule has 0 saturated carbocycles. The van der Waals surface area contributed by atoms with Gasteiger partial charge in [-0.2, -0.15) is 0 Å². The van der Waals surface area contributed by atoms with Gasteiger partial charge in [0.2, 0.25) is 0 Å². The van der Waals surface area contributed by atoms with Crippen LogP contribution in [0.5, 0.6) is 0 Å². The number of benzene rings is 2. The van der Waals surface area contributed by atoms with E-state index in [0.717, 1.165) is 12.1 Å². The van der Waals surface area contributed by atoms with Gasteiger partial charge in [-0.3, -0.25) is 0 Å². The van der Waals surface area contributed by atoms with Crippen molar-refractivity contribution in [1.82, 2.24) is 0 Å². The van der Waals surface area contributed by atoms with E-state index in [-0.39, 0.29) is 22.0 Å². The molecule has 7 heteroatoms. The Bertz CT molecular complexity index is 660. The Morgan fingerprint density at radius 1 is 1.19 bits per heavy atom. The van der Waals surface area contributed by atoms with E-state index in [1.54, 1.807) is 0 Å². The Morgan fingerprint density at radius 2 is 1.95 bits per heavy atom. The normalized spacial score (nSPS) is 10.3. The summed E-state index contributed by atoms with van der Waals surface area (Å²) in [7, 11) is 0. The highest BCUT2D eigenvalue weighted by atomic mass is 35.5. The van der Waals surface area contributed by atoms with Crippen LogP contribution in [0.3, 0.4) is 0 Å². The first-order valence-electron chi connectivity index (χ1n) is 5.92. The molecule has 0 aliphatic heterocycles. The van der Waals surface area contributed by atoms with E-state index in [9.17, 15) is 13.6 Å². The first-order chi connectivity index (χ1) is 9.99.